The summed E-state index contributed by atoms with van der Waals surface area (Å²) in [7, 11) is -3.64. The molecule has 1 aliphatic rings. The van der Waals surface area contributed by atoms with Gasteiger partial charge in [-0.3, -0.25) is 4.79 Å². The molecule has 3 N–H and O–H groups in total. The highest BCUT2D eigenvalue weighted by Crippen LogP contribution is 2.12. The number of carbonyl (C=O) groups excluding carboxylic acids is 1. The Balaban J connectivity index is 2.13. The summed E-state index contributed by atoms with van der Waals surface area (Å²) in [4.78, 5) is 11.0. The van der Waals surface area contributed by atoms with Gasteiger partial charge >= 0.3 is 10.2 Å². The maximum Gasteiger partial charge on any atom is 0.304 e. The summed E-state index contributed by atoms with van der Waals surface area (Å²) in [6, 6.07) is 7.29. The van der Waals surface area contributed by atoms with Crippen LogP contribution in [0.2, 0.25) is 0 Å². The van der Waals surface area contributed by atoms with Crippen molar-refractivity contribution in [3.05, 3.63) is 35.4 Å². The van der Waals surface area contributed by atoms with E-state index in [1.165, 1.54) is 0 Å². The second-order valence-electron chi connectivity index (χ2n) is 3.82. The van der Waals surface area contributed by atoms with Crippen LogP contribution in [0.4, 0.5) is 0 Å². The molecule has 1 heterocycles. The van der Waals surface area contributed by atoms with E-state index in [2.05, 4.69) is 0 Å². The lowest BCUT2D eigenvalue weighted by atomic mass is 10.1. The third-order valence-electron chi connectivity index (χ3n) is 2.52. The van der Waals surface area contributed by atoms with Crippen LogP contribution in [0, 0.1) is 0 Å². The lowest BCUT2D eigenvalue weighted by Crippen LogP contribution is -2.29. The second-order valence-corrected chi connectivity index (χ2v) is 5.49. The zero-order chi connectivity index (χ0) is 12.5. The molecule has 0 bridgehead atoms. The van der Waals surface area contributed by atoms with Gasteiger partial charge in [-0.15, -0.1) is 0 Å². The largest absolute Gasteiger partial charge is 0.326 e. The smallest absolute Gasteiger partial charge is 0.304 e. The van der Waals surface area contributed by atoms with Crippen molar-refractivity contribution < 1.29 is 13.2 Å². The monoisotopic (exact) mass is 255 g/mol. The summed E-state index contributed by atoms with van der Waals surface area (Å²) in [6.07, 6.45) is 0. The van der Waals surface area contributed by atoms with Crippen molar-refractivity contribution in [2.45, 2.75) is 13.1 Å². The maximum absolute atomic E-state index is 11.5. The number of nitrogens with zero attached hydrogens (tertiary/aromatic N) is 1. The number of nitrogens with one attached hydrogen (secondary N) is 1. The van der Waals surface area contributed by atoms with Gasteiger partial charge < -0.3 is 5.73 Å². The van der Waals surface area contributed by atoms with E-state index in [0.717, 1.165) is 15.4 Å². The number of amides is 1. The van der Waals surface area contributed by atoms with Crippen LogP contribution in [0.3, 0.4) is 0 Å². The number of hydrogen-bond donors (Lipinski definition) is 2. The molecule has 1 saturated heterocycles. The van der Waals surface area contributed by atoms with Gasteiger partial charge in [-0.2, -0.15) is 12.7 Å². The molecule has 1 aliphatic heterocycles. The van der Waals surface area contributed by atoms with E-state index in [1.54, 1.807) is 12.1 Å². The molecule has 0 unspecified atom stereocenters. The molecule has 0 spiro atoms. The van der Waals surface area contributed by atoms with Crippen molar-refractivity contribution in [1.29, 1.82) is 0 Å². The number of rotatable bonds is 3. The van der Waals surface area contributed by atoms with Crippen LogP contribution in [0.25, 0.3) is 0 Å². The van der Waals surface area contributed by atoms with Gasteiger partial charge in [0.25, 0.3) is 0 Å². The van der Waals surface area contributed by atoms with E-state index in [-0.39, 0.29) is 13.1 Å². The molecule has 92 valence electrons. The van der Waals surface area contributed by atoms with Crippen LogP contribution < -0.4 is 10.5 Å². The third kappa shape index (κ3) is 2.63. The predicted molar refractivity (Wildman–Crippen MR) is 61.8 cm³/mol. The fourth-order valence-corrected chi connectivity index (χ4v) is 2.70. The highest BCUT2D eigenvalue weighted by Gasteiger charge is 2.33. The lowest BCUT2D eigenvalue weighted by Gasteiger charge is -2.12. The van der Waals surface area contributed by atoms with Gasteiger partial charge in [0.2, 0.25) is 5.91 Å². The zero-order valence-corrected chi connectivity index (χ0v) is 9.90. The molecule has 0 radical (unpaired) electrons. The van der Waals surface area contributed by atoms with Gasteiger partial charge in [0.1, 0.15) is 0 Å². The summed E-state index contributed by atoms with van der Waals surface area (Å²) in [6.45, 7) is 0.509. The number of benzene rings is 1. The first kappa shape index (κ1) is 12.0. The molecular formula is C10H13N3O3S. The molecule has 1 amide bonds. The minimum atomic E-state index is -3.64. The van der Waals surface area contributed by atoms with Gasteiger partial charge in [-0.05, 0) is 11.1 Å². The summed E-state index contributed by atoms with van der Waals surface area (Å²) < 4.78 is 26.0. The van der Waals surface area contributed by atoms with E-state index >= 15 is 0 Å². The Morgan fingerprint density at radius 3 is 2.29 bits per heavy atom. The summed E-state index contributed by atoms with van der Waals surface area (Å²) in [5.41, 5.74) is 7.26. The average molecular weight is 255 g/mol. The number of carbonyl (C=O) groups is 1. The highest BCUT2D eigenvalue weighted by atomic mass is 32.2. The van der Waals surface area contributed by atoms with Crippen molar-refractivity contribution in [1.82, 2.24) is 9.03 Å². The van der Waals surface area contributed by atoms with Crippen molar-refractivity contribution in [2.75, 3.05) is 6.54 Å². The molecule has 6 nitrogen and oxygen atoms in total. The van der Waals surface area contributed by atoms with E-state index < -0.39 is 16.1 Å². The Labute approximate surface area is 99.6 Å². The summed E-state index contributed by atoms with van der Waals surface area (Å²) in [5, 5.41) is 0. The van der Waals surface area contributed by atoms with Gasteiger partial charge in [-0.1, -0.05) is 24.3 Å². The number of hydrogen-bond acceptors (Lipinski definition) is 4. The number of nitrogens with two attached hydrogens (primary N) is 1. The molecule has 1 fully saturated rings. The topological polar surface area (TPSA) is 92.5 Å². The Bertz CT molecular complexity index is 524. The third-order valence-corrected chi connectivity index (χ3v) is 3.94. The first-order valence-electron chi connectivity index (χ1n) is 5.10. The SMILES string of the molecule is NCc1ccc(CN2CC(=O)NS2(=O)=O)cc1. The summed E-state index contributed by atoms with van der Waals surface area (Å²) in [5.74, 6) is -0.497. The molecule has 0 atom stereocenters. The van der Waals surface area contributed by atoms with Crippen LogP contribution in [0.5, 0.6) is 0 Å². The molecule has 2 rings (SSSR count). The molecule has 7 heteroatoms. The average Bonchev–Trinajstić information content (AvgIpc) is 2.53. The quantitative estimate of drug-likeness (QED) is 0.748. The van der Waals surface area contributed by atoms with Gasteiger partial charge in [0.05, 0.1) is 6.54 Å². The van der Waals surface area contributed by atoms with Gasteiger partial charge in [-0.25, -0.2) is 4.72 Å². The minimum absolute atomic E-state index is 0.124. The van der Waals surface area contributed by atoms with Gasteiger partial charge in [0, 0.05) is 13.1 Å². The first-order valence-corrected chi connectivity index (χ1v) is 6.54. The van der Waals surface area contributed by atoms with Crippen molar-refractivity contribution in [3.63, 3.8) is 0 Å². The van der Waals surface area contributed by atoms with Crippen LogP contribution in [0.15, 0.2) is 24.3 Å². The fraction of sp³-hybridized carbons (Fsp3) is 0.300. The first-order chi connectivity index (χ1) is 8.01. The maximum atomic E-state index is 11.5. The standard InChI is InChI=1S/C10H13N3O3S/c11-5-8-1-3-9(4-2-8)6-13-7-10(14)12-17(13,15)16/h1-4H,5-7,11H2,(H,12,14). The van der Waals surface area contributed by atoms with E-state index in [0.29, 0.717) is 6.54 Å². The van der Waals surface area contributed by atoms with Crippen LogP contribution >= 0.6 is 0 Å². The van der Waals surface area contributed by atoms with Crippen molar-refractivity contribution in [3.8, 4) is 0 Å². The second kappa shape index (κ2) is 4.44. The van der Waals surface area contributed by atoms with Gasteiger partial charge in [0.15, 0.2) is 0 Å². The normalized spacial score (nSPS) is 19.2. The van der Waals surface area contributed by atoms with Crippen LogP contribution in [0.1, 0.15) is 11.1 Å². The molecule has 0 aliphatic carbocycles. The molecule has 1 aromatic rings. The zero-order valence-electron chi connectivity index (χ0n) is 9.09. The van der Waals surface area contributed by atoms with E-state index in [1.807, 2.05) is 16.9 Å². The fourth-order valence-electron chi connectivity index (χ4n) is 1.61. The van der Waals surface area contributed by atoms with Crippen LogP contribution in [-0.4, -0.2) is 25.2 Å². The Morgan fingerprint density at radius 2 is 1.82 bits per heavy atom. The Kier molecular flexibility index (Phi) is 3.14. The molecular weight excluding hydrogens is 242 g/mol. The molecule has 1 aromatic carbocycles. The predicted octanol–water partition coefficient (Wildman–Crippen LogP) is -0.678. The Morgan fingerprint density at radius 1 is 1.24 bits per heavy atom. The highest BCUT2D eigenvalue weighted by molar-refractivity contribution is 7.88. The summed E-state index contributed by atoms with van der Waals surface area (Å²) >= 11 is 0. The minimum Gasteiger partial charge on any atom is -0.326 e. The van der Waals surface area contributed by atoms with Crippen molar-refractivity contribution >= 4 is 16.1 Å². The lowest BCUT2D eigenvalue weighted by molar-refractivity contribution is -0.118. The molecule has 0 aromatic heterocycles. The van der Waals surface area contributed by atoms with Crippen molar-refractivity contribution in [2.24, 2.45) is 5.73 Å². The molecule has 17 heavy (non-hydrogen) atoms. The molecule has 0 saturated carbocycles. The van der Waals surface area contributed by atoms with E-state index in [4.69, 9.17) is 5.73 Å². The van der Waals surface area contributed by atoms with Crippen LogP contribution in [-0.2, 0) is 28.1 Å². The Hall–Kier alpha value is -1.44. The van der Waals surface area contributed by atoms with E-state index in [9.17, 15) is 13.2 Å².